The number of hydrogen-bond donors (Lipinski definition) is 2. The summed E-state index contributed by atoms with van der Waals surface area (Å²) >= 11 is 5.19. The molecule has 0 spiro atoms. The zero-order valence-electron chi connectivity index (χ0n) is 11.8. The number of nitrogens with one attached hydrogen (secondary N) is 1. The summed E-state index contributed by atoms with van der Waals surface area (Å²) in [7, 11) is 0. The maximum absolute atomic E-state index is 11.2. The van der Waals surface area contributed by atoms with Crippen molar-refractivity contribution in [2.45, 2.75) is 6.92 Å². The molecule has 0 saturated heterocycles. The second kappa shape index (κ2) is 7.89. The Labute approximate surface area is 171 Å². The van der Waals surface area contributed by atoms with Crippen molar-refractivity contribution in [2.24, 2.45) is 5.73 Å². The van der Waals surface area contributed by atoms with E-state index in [1.165, 1.54) is 0 Å². The monoisotopic (exact) mass is 321 g/mol. The first-order chi connectivity index (χ1) is 9.54. The van der Waals surface area contributed by atoms with Crippen LogP contribution in [-0.2, 0) is 0 Å². The third kappa shape index (κ3) is 4.04. The van der Waals surface area contributed by atoms with Crippen molar-refractivity contribution in [3.05, 3.63) is 59.1 Å². The SMILES string of the molecule is Cc1[nH]c(-c2ccccc2)cc1C(=S)C(C#N)=C(N)[O-].[K+]. The van der Waals surface area contributed by atoms with E-state index in [4.69, 9.17) is 23.2 Å². The third-order valence-electron chi connectivity index (χ3n) is 2.93. The molecule has 0 saturated carbocycles. The van der Waals surface area contributed by atoms with Crippen LogP contribution in [0, 0.1) is 18.3 Å². The molecule has 0 aliphatic carbocycles. The van der Waals surface area contributed by atoms with Gasteiger partial charge >= 0.3 is 51.4 Å². The predicted molar refractivity (Wildman–Crippen MR) is 79.5 cm³/mol. The van der Waals surface area contributed by atoms with Gasteiger partial charge in [-0.2, -0.15) is 5.26 Å². The van der Waals surface area contributed by atoms with Gasteiger partial charge in [-0.15, -0.1) is 0 Å². The Kier molecular flexibility index (Phi) is 6.81. The summed E-state index contributed by atoms with van der Waals surface area (Å²) in [5, 5.41) is 20.2. The van der Waals surface area contributed by atoms with E-state index < -0.39 is 5.88 Å². The van der Waals surface area contributed by atoms with E-state index >= 15 is 0 Å². The number of thiocarbonyl (C=S) groups is 1. The molecule has 1 aromatic heterocycles. The van der Waals surface area contributed by atoms with E-state index in [-0.39, 0.29) is 61.8 Å². The summed E-state index contributed by atoms with van der Waals surface area (Å²) in [6.45, 7) is 1.84. The summed E-state index contributed by atoms with van der Waals surface area (Å²) in [5.74, 6) is -0.806. The van der Waals surface area contributed by atoms with Crippen molar-refractivity contribution in [1.82, 2.24) is 4.98 Å². The molecule has 0 aliphatic heterocycles. The van der Waals surface area contributed by atoms with E-state index in [1.54, 1.807) is 6.07 Å². The number of nitriles is 1. The second-order valence-electron chi connectivity index (χ2n) is 4.27. The van der Waals surface area contributed by atoms with Gasteiger partial charge in [0.1, 0.15) is 6.07 Å². The summed E-state index contributed by atoms with van der Waals surface area (Å²) in [6, 6.07) is 13.3. The van der Waals surface area contributed by atoms with Crippen LogP contribution in [0.25, 0.3) is 11.3 Å². The Balaban J connectivity index is 0.00000220. The van der Waals surface area contributed by atoms with Gasteiger partial charge in [0.25, 0.3) is 0 Å². The number of allylic oxidation sites excluding steroid dienone is 1. The molecule has 2 aromatic rings. The Morgan fingerprint density at radius 1 is 1.33 bits per heavy atom. The zero-order chi connectivity index (χ0) is 14.7. The van der Waals surface area contributed by atoms with Gasteiger partial charge in [0.05, 0.1) is 10.4 Å². The first-order valence-electron chi connectivity index (χ1n) is 5.91. The largest absolute Gasteiger partial charge is 1.00 e. The van der Waals surface area contributed by atoms with Crippen molar-refractivity contribution >= 4 is 17.1 Å². The van der Waals surface area contributed by atoms with Crippen LogP contribution in [0.5, 0.6) is 0 Å². The van der Waals surface area contributed by atoms with Crippen molar-refractivity contribution < 1.29 is 56.5 Å². The molecule has 1 aromatic carbocycles. The van der Waals surface area contributed by atoms with Crippen LogP contribution < -0.4 is 62.2 Å². The minimum atomic E-state index is -0.806. The molecule has 4 nitrogen and oxygen atoms in total. The Bertz CT molecular complexity index is 725. The maximum atomic E-state index is 11.2. The van der Waals surface area contributed by atoms with Crippen LogP contribution in [0.4, 0.5) is 0 Å². The Morgan fingerprint density at radius 3 is 2.48 bits per heavy atom. The second-order valence-corrected chi connectivity index (χ2v) is 4.68. The van der Waals surface area contributed by atoms with E-state index in [0.717, 1.165) is 17.0 Å². The standard InChI is InChI=1S/C15H13N3OS.K/c1-9-11(14(20)12(8-16)15(17)19)7-13(18-9)10-5-3-2-4-6-10;/h2-7,18-19H,17H2,1H3;/q;+1/p-1. The number of aromatic nitrogens is 1. The number of aryl methyl sites for hydroxylation is 1. The summed E-state index contributed by atoms with van der Waals surface area (Å²) < 4.78 is 0. The molecule has 6 heteroatoms. The third-order valence-corrected chi connectivity index (χ3v) is 3.35. The van der Waals surface area contributed by atoms with Crippen molar-refractivity contribution in [1.29, 1.82) is 5.26 Å². The molecular weight excluding hydrogens is 309 g/mol. The topological polar surface area (TPSA) is 88.7 Å². The molecule has 2 rings (SSSR count). The average Bonchev–Trinajstić information content (AvgIpc) is 2.82. The van der Waals surface area contributed by atoms with Crippen LogP contribution >= 0.6 is 12.2 Å². The predicted octanol–water partition coefficient (Wildman–Crippen LogP) is -1.23. The minimum absolute atomic E-state index is 0. The average molecular weight is 321 g/mol. The quantitative estimate of drug-likeness (QED) is 0.185. The summed E-state index contributed by atoms with van der Waals surface area (Å²) in [5.41, 5.74) is 8.29. The maximum Gasteiger partial charge on any atom is 1.00 e. The summed E-state index contributed by atoms with van der Waals surface area (Å²) in [6.07, 6.45) is 0. The molecule has 0 atom stereocenters. The normalized spacial score (nSPS) is 11.0. The minimum Gasteiger partial charge on any atom is -0.860 e. The number of hydrogen-bond acceptors (Lipinski definition) is 4. The van der Waals surface area contributed by atoms with E-state index in [2.05, 4.69) is 4.98 Å². The van der Waals surface area contributed by atoms with Gasteiger partial charge < -0.3 is 15.8 Å². The van der Waals surface area contributed by atoms with Crippen LogP contribution in [0.1, 0.15) is 11.3 Å². The van der Waals surface area contributed by atoms with Crippen LogP contribution in [0.3, 0.4) is 0 Å². The molecular formula is C15H12KN3OS. The van der Waals surface area contributed by atoms with Crippen molar-refractivity contribution in [3.63, 3.8) is 0 Å². The van der Waals surface area contributed by atoms with Gasteiger partial charge in [-0.05, 0) is 24.4 Å². The fourth-order valence-corrected chi connectivity index (χ4v) is 2.28. The van der Waals surface area contributed by atoms with Gasteiger partial charge in [-0.1, -0.05) is 42.5 Å². The van der Waals surface area contributed by atoms with Crippen molar-refractivity contribution in [3.8, 4) is 17.3 Å². The number of nitrogens with two attached hydrogens (primary N) is 1. The zero-order valence-corrected chi connectivity index (χ0v) is 15.7. The van der Waals surface area contributed by atoms with Gasteiger partial charge in [0, 0.05) is 17.0 Å². The van der Waals surface area contributed by atoms with E-state index in [9.17, 15) is 5.11 Å². The van der Waals surface area contributed by atoms with E-state index in [1.807, 2.05) is 43.3 Å². The molecule has 1 heterocycles. The van der Waals surface area contributed by atoms with Gasteiger partial charge in [0.15, 0.2) is 0 Å². The van der Waals surface area contributed by atoms with Crippen LogP contribution in [-0.4, -0.2) is 9.85 Å². The van der Waals surface area contributed by atoms with Gasteiger partial charge in [-0.25, -0.2) is 0 Å². The van der Waals surface area contributed by atoms with Crippen LogP contribution in [0.2, 0.25) is 0 Å². The van der Waals surface area contributed by atoms with Gasteiger partial charge in [-0.3, -0.25) is 0 Å². The summed E-state index contributed by atoms with van der Waals surface area (Å²) in [4.78, 5) is 3.37. The molecule has 21 heavy (non-hydrogen) atoms. The first-order valence-corrected chi connectivity index (χ1v) is 6.32. The van der Waals surface area contributed by atoms with Crippen molar-refractivity contribution in [2.75, 3.05) is 0 Å². The number of rotatable bonds is 3. The molecule has 0 radical (unpaired) electrons. The Morgan fingerprint density at radius 2 is 1.95 bits per heavy atom. The smallest absolute Gasteiger partial charge is 0.860 e. The van der Waals surface area contributed by atoms with Crippen LogP contribution in [0.15, 0.2) is 47.9 Å². The van der Waals surface area contributed by atoms with Gasteiger partial charge in [0.2, 0.25) is 0 Å². The molecule has 0 unspecified atom stereocenters. The molecule has 0 aliphatic rings. The molecule has 100 valence electrons. The number of benzene rings is 1. The number of aromatic amines is 1. The fraction of sp³-hybridized carbons (Fsp3) is 0.0667. The number of nitrogens with zero attached hydrogens (tertiary/aromatic N) is 1. The first kappa shape index (κ1) is 18.1. The fourth-order valence-electron chi connectivity index (χ4n) is 1.92. The number of H-pyrrole nitrogens is 1. The molecule has 0 amide bonds. The molecule has 0 fully saturated rings. The van der Waals surface area contributed by atoms with E-state index in [0.29, 0.717) is 5.56 Å². The molecule has 0 bridgehead atoms. The molecule has 3 N–H and O–H groups in total. The Hall–Kier alpha value is -0.944.